The number of aromatic hydroxyl groups is 2. The van der Waals surface area contributed by atoms with Crippen LogP contribution < -0.4 is 0 Å². The monoisotopic (exact) mass is 374 g/mol. The summed E-state index contributed by atoms with van der Waals surface area (Å²) in [7, 11) is 0. The predicted molar refractivity (Wildman–Crippen MR) is 107 cm³/mol. The third-order valence-corrected chi connectivity index (χ3v) is 4.02. The second-order valence-electron chi connectivity index (χ2n) is 6.09. The minimum Gasteiger partial charge on any atom is -0.507 e. The number of nitrogens with zero attached hydrogens (tertiary/aromatic N) is 2. The Hall–Kier alpha value is -3.73. The van der Waals surface area contributed by atoms with Crippen LogP contribution in [0.4, 0.5) is 4.39 Å². The maximum atomic E-state index is 13.0. The molecule has 5 heteroatoms. The molecule has 2 N–H and O–H groups in total. The summed E-state index contributed by atoms with van der Waals surface area (Å²) in [6.07, 6.45) is 3.31. The summed E-state index contributed by atoms with van der Waals surface area (Å²) >= 11 is 0. The molecule has 4 aromatic rings. The molecule has 2 aromatic heterocycles. The van der Waals surface area contributed by atoms with Gasteiger partial charge in [-0.05, 0) is 61.0 Å². The lowest BCUT2D eigenvalue weighted by atomic mass is 10.1. The average molecular weight is 374 g/mol. The molecule has 0 saturated heterocycles. The molecule has 0 atom stereocenters. The fraction of sp³-hybridized carbons (Fsp3) is 0.0435. The van der Waals surface area contributed by atoms with Crippen LogP contribution in [0.2, 0.25) is 0 Å². The Labute approximate surface area is 162 Å². The Morgan fingerprint density at radius 1 is 0.714 bits per heavy atom. The Bertz CT molecular complexity index is 1050. The number of pyridine rings is 2. The smallest absolute Gasteiger partial charge is 0.165 e. The van der Waals surface area contributed by atoms with Crippen molar-refractivity contribution in [2.45, 2.75) is 6.92 Å². The zero-order valence-electron chi connectivity index (χ0n) is 15.2. The number of benzene rings is 2. The highest BCUT2D eigenvalue weighted by Gasteiger charge is 2.08. The lowest BCUT2D eigenvalue weighted by molar-refractivity contribution is 0.434. The normalized spacial score (nSPS) is 10.1. The Balaban J connectivity index is 0.000000161. The number of rotatable bonds is 2. The highest BCUT2D eigenvalue weighted by Crippen LogP contribution is 2.29. The second-order valence-corrected chi connectivity index (χ2v) is 6.09. The molecule has 0 fully saturated rings. The van der Waals surface area contributed by atoms with Crippen LogP contribution in [0.15, 0.2) is 85.2 Å². The zero-order valence-corrected chi connectivity index (χ0v) is 15.2. The van der Waals surface area contributed by atoms with Gasteiger partial charge in [-0.25, -0.2) is 4.39 Å². The molecule has 0 aliphatic heterocycles. The van der Waals surface area contributed by atoms with Gasteiger partial charge in [-0.1, -0.05) is 24.3 Å². The highest BCUT2D eigenvalue weighted by molar-refractivity contribution is 5.67. The summed E-state index contributed by atoms with van der Waals surface area (Å²) in [6, 6.07) is 20.9. The number of hydrogen-bond acceptors (Lipinski definition) is 4. The van der Waals surface area contributed by atoms with Crippen LogP contribution in [0.25, 0.3) is 22.5 Å². The molecule has 2 aromatic carbocycles. The number of hydrogen-bond donors (Lipinski definition) is 2. The lowest BCUT2D eigenvalue weighted by Gasteiger charge is -2.03. The first-order chi connectivity index (χ1) is 13.6. The molecule has 0 amide bonds. The van der Waals surface area contributed by atoms with Gasteiger partial charge in [-0.2, -0.15) is 0 Å². The summed E-state index contributed by atoms with van der Waals surface area (Å²) < 4.78 is 13.0. The van der Waals surface area contributed by atoms with Gasteiger partial charge in [-0.3, -0.25) is 9.97 Å². The van der Waals surface area contributed by atoms with Gasteiger partial charge in [0.2, 0.25) is 0 Å². The zero-order chi connectivity index (χ0) is 19.9. The summed E-state index contributed by atoms with van der Waals surface area (Å²) in [5.74, 6) is -0.706. The van der Waals surface area contributed by atoms with E-state index in [4.69, 9.17) is 0 Å². The SMILES string of the molecule is Cc1ccc(-c2ccccn2)c(O)c1.Oc1c(F)cccc1-c1ccccn1. The van der Waals surface area contributed by atoms with E-state index in [-0.39, 0.29) is 11.5 Å². The molecule has 0 unspecified atom stereocenters. The van der Waals surface area contributed by atoms with Gasteiger partial charge in [-0.15, -0.1) is 0 Å². The number of halogens is 1. The van der Waals surface area contributed by atoms with Crippen molar-refractivity contribution in [2.24, 2.45) is 0 Å². The van der Waals surface area contributed by atoms with Crippen LogP contribution in [0, 0.1) is 12.7 Å². The Morgan fingerprint density at radius 3 is 1.93 bits per heavy atom. The average Bonchev–Trinajstić information content (AvgIpc) is 2.72. The minimum atomic E-state index is -0.631. The van der Waals surface area contributed by atoms with Gasteiger partial charge in [0.1, 0.15) is 5.75 Å². The van der Waals surface area contributed by atoms with E-state index in [0.29, 0.717) is 11.3 Å². The van der Waals surface area contributed by atoms with E-state index in [1.807, 2.05) is 37.3 Å². The first kappa shape index (κ1) is 19.0. The molecule has 4 nitrogen and oxygen atoms in total. The summed E-state index contributed by atoms with van der Waals surface area (Å²) in [4.78, 5) is 8.20. The number of aromatic nitrogens is 2. The van der Waals surface area contributed by atoms with Crippen LogP contribution in [-0.4, -0.2) is 20.2 Å². The second kappa shape index (κ2) is 8.77. The Kier molecular flexibility index (Phi) is 5.97. The van der Waals surface area contributed by atoms with E-state index in [2.05, 4.69) is 9.97 Å². The van der Waals surface area contributed by atoms with Gasteiger partial charge in [0.15, 0.2) is 11.6 Å². The van der Waals surface area contributed by atoms with E-state index in [1.54, 1.807) is 48.8 Å². The lowest BCUT2D eigenvalue weighted by Crippen LogP contribution is -1.85. The van der Waals surface area contributed by atoms with Crippen molar-refractivity contribution < 1.29 is 14.6 Å². The molecule has 140 valence electrons. The Morgan fingerprint density at radius 2 is 1.36 bits per heavy atom. The molecule has 4 rings (SSSR count). The van der Waals surface area contributed by atoms with E-state index in [1.165, 1.54) is 6.07 Å². The summed E-state index contributed by atoms with van der Waals surface area (Å²) in [6.45, 7) is 1.95. The first-order valence-corrected chi connectivity index (χ1v) is 8.66. The number of aryl methyl sites for hydroxylation is 1. The van der Waals surface area contributed by atoms with Crippen LogP contribution in [0.1, 0.15) is 5.56 Å². The third-order valence-electron chi connectivity index (χ3n) is 4.02. The minimum absolute atomic E-state index is 0.281. The summed E-state index contributed by atoms with van der Waals surface area (Å²) in [5.41, 5.74) is 3.58. The van der Waals surface area contributed by atoms with E-state index in [9.17, 15) is 14.6 Å². The van der Waals surface area contributed by atoms with E-state index >= 15 is 0 Å². The number of phenolic OH excluding ortho intramolecular Hbond substituents is 2. The van der Waals surface area contributed by atoms with Crippen molar-refractivity contribution in [1.82, 2.24) is 9.97 Å². The van der Waals surface area contributed by atoms with Crippen molar-refractivity contribution in [3.63, 3.8) is 0 Å². The molecule has 2 heterocycles. The topological polar surface area (TPSA) is 66.2 Å². The predicted octanol–water partition coefficient (Wildman–Crippen LogP) is 5.36. The molecular weight excluding hydrogens is 355 g/mol. The maximum Gasteiger partial charge on any atom is 0.165 e. The molecule has 0 spiro atoms. The van der Waals surface area contributed by atoms with Crippen molar-refractivity contribution in [3.05, 3.63) is 96.6 Å². The van der Waals surface area contributed by atoms with Gasteiger partial charge in [0.05, 0.1) is 11.4 Å². The van der Waals surface area contributed by atoms with Crippen LogP contribution in [0.5, 0.6) is 11.5 Å². The molecule has 28 heavy (non-hydrogen) atoms. The fourth-order valence-corrected chi connectivity index (χ4v) is 2.62. The first-order valence-electron chi connectivity index (χ1n) is 8.66. The third kappa shape index (κ3) is 4.51. The van der Waals surface area contributed by atoms with Gasteiger partial charge in [0, 0.05) is 23.5 Å². The standard InChI is InChI=1S/C12H11NO.C11H8FNO/c1-9-5-6-10(12(14)8-9)11-4-2-3-7-13-11;12-9-5-3-4-8(11(9)14)10-6-1-2-7-13-10/h2-8,14H,1H3;1-7,14H. The maximum absolute atomic E-state index is 13.0. The van der Waals surface area contributed by atoms with E-state index in [0.717, 1.165) is 16.8 Å². The molecular formula is C23H19FN2O2. The van der Waals surface area contributed by atoms with E-state index < -0.39 is 5.82 Å². The van der Waals surface area contributed by atoms with Crippen LogP contribution >= 0.6 is 0 Å². The van der Waals surface area contributed by atoms with Gasteiger partial charge in [0.25, 0.3) is 0 Å². The van der Waals surface area contributed by atoms with Crippen molar-refractivity contribution in [1.29, 1.82) is 0 Å². The van der Waals surface area contributed by atoms with Crippen molar-refractivity contribution >= 4 is 0 Å². The van der Waals surface area contributed by atoms with Crippen molar-refractivity contribution in [3.8, 4) is 34.0 Å². The van der Waals surface area contributed by atoms with Crippen molar-refractivity contribution in [2.75, 3.05) is 0 Å². The molecule has 0 aliphatic carbocycles. The molecule has 0 aliphatic rings. The summed E-state index contributed by atoms with van der Waals surface area (Å²) in [5, 5.41) is 19.1. The largest absolute Gasteiger partial charge is 0.507 e. The fourth-order valence-electron chi connectivity index (χ4n) is 2.62. The van der Waals surface area contributed by atoms with Gasteiger partial charge >= 0.3 is 0 Å². The van der Waals surface area contributed by atoms with Crippen LogP contribution in [-0.2, 0) is 0 Å². The highest BCUT2D eigenvalue weighted by atomic mass is 19.1. The molecule has 0 saturated carbocycles. The molecule has 0 radical (unpaired) electrons. The van der Waals surface area contributed by atoms with Crippen LogP contribution in [0.3, 0.4) is 0 Å². The quantitative estimate of drug-likeness (QED) is 0.496. The number of para-hydroxylation sites is 1. The van der Waals surface area contributed by atoms with Gasteiger partial charge < -0.3 is 10.2 Å². The number of phenols is 2. The molecule has 0 bridgehead atoms.